The van der Waals surface area contributed by atoms with Crippen LogP contribution < -0.4 is 10.2 Å². The molecule has 1 unspecified atom stereocenters. The molecule has 1 saturated heterocycles. The lowest BCUT2D eigenvalue weighted by atomic mass is 10.0. The number of imide groups is 1. The Morgan fingerprint density at radius 1 is 1.50 bits per heavy atom. The number of amides is 3. The number of rotatable bonds is 2. The Bertz CT molecular complexity index is 523. The summed E-state index contributed by atoms with van der Waals surface area (Å²) < 4.78 is 13.6. The fourth-order valence-electron chi connectivity index (χ4n) is 1.82. The normalized spacial score (nSPS) is 19.6. The van der Waals surface area contributed by atoms with E-state index >= 15 is 0 Å². The molecule has 18 heavy (non-hydrogen) atoms. The summed E-state index contributed by atoms with van der Waals surface area (Å²) in [4.78, 5) is 31.4. The fourth-order valence-corrected chi connectivity index (χ4v) is 1.95. The van der Waals surface area contributed by atoms with Gasteiger partial charge >= 0.3 is 6.03 Å². The summed E-state index contributed by atoms with van der Waals surface area (Å²) in [6.07, 6.45) is 0.859. The molecule has 1 aromatic heterocycles. The first-order valence-corrected chi connectivity index (χ1v) is 5.61. The SMILES string of the molecule is CC(C)C1C(=O)NC(=O)N1c1nc(Cl)ncc1F. The highest BCUT2D eigenvalue weighted by atomic mass is 35.5. The van der Waals surface area contributed by atoms with E-state index in [1.165, 1.54) is 0 Å². The average molecular weight is 273 g/mol. The first-order valence-electron chi connectivity index (χ1n) is 5.24. The number of hydrogen-bond acceptors (Lipinski definition) is 4. The van der Waals surface area contributed by atoms with Crippen LogP contribution in [0.3, 0.4) is 0 Å². The Morgan fingerprint density at radius 2 is 2.17 bits per heavy atom. The third kappa shape index (κ3) is 2.01. The minimum atomic E-state index is -0.810. The molecule has 1 aromatic rings. The van der Waals surface area contributed by atoms with Gasteiger partial charge in [0.25, 0.3) is 5.91 Å². The molecule has 0 aromatic carbocycles. The monoisotopic (exact) mass is 272 g/mol. The summed E-state index contributed by atoms with van der Waals surface area (Å²) in [7, 11) is 0. The molecule has 6 nitrogen and oxygen atoms in total. The summed E-state index contributed by atoms with van der Waals surface area (Å²) in [5.41, 5.74) is 0. The van der Waals surface area contributed by atoms with Crippen LogP contribution in [0.2, 0.25) is 5.28 Å². The van der Waals surface area contributed by atoms with E-state index in [0.717, 1.165) is 11.1 Å². The number of anilines is 1. The molecule has 0 aliphatic carbocycles. The molecule has 1 atom stereocenters. The van der Waals surface area contributed by atoms with Gasteiger partial charge in [-0.25, -0.2) is 14.2 Å². The van der Waals surface area contributed by atoms with Gasteiger partial charge in [-0.2, -0.15) is 4.98 Å². The van der Waals surface area contributed by atoms with Crippen molar-refractivity contribution in [1.82, 2.24) is 15.3 Å². The van der Waals surface area contributed by atoms with Crippen molar-refractivity contribution in [2.45, 2.75) is 19.9 Å². The lowest BCUT2D eigenvalue weighted by Crippen LogP contribution is -2.40. The van der Waals surface area contributed by atoms with Crippen molar-refractivity contribution >= 4 is 29.4 Å². The summed E-state index contributed by atoms with van der Waals surface area (Å²) in [5, 5.41) is 1.93. The summed E-state index contributed by atoms with van der Waals surface area (Å²) in [6, 6.07) is -1.52. The van der Waals surface area contributed by atoms with Gasteiger partial charge in [0.05, 0.1) is 6.20 Å². The molecule has 96 valence electrons. The van der Waals surface area contributed by atoms with Crippen LogP contribution in [0.15, 0.2) is 6.20 Å². The van der Waals surface area contributed by atoms with Crippen molar-refractivity contribution in [2.24, 2.45) is 5.92 Å². The molecule has 3 amide bonds. The van der Waals surface area contributed by atoms with Crippen LogP contribution in [0.4, 0.5) is 15.0 Å². The number of nitrogens with zero attached hydrogens (tertiary/aromatic N) is 3. The summed E-state index contributed by atoms with van der Waals surface area (Å²) in [5.74, 6) is -1.78. The van der Waals surface area contributed by atoms with Crippen molar-refractivity contribution in [3.05, 3.63) is 17.3 Å². The zero-order valence-electron chi connectivity index (χ0n) is 9.65. The second-order valence-electron chi connectivity index (χ2n) is 4.16. The topological polar surface area (TPSA) is 75.2 Å². The van der Waals surface area contributed by atoms with Gasteiger partial charge in [-0.05, 0) is 17.5 Å². The lowest BCUT2D eigenvalue weighted by molar-refractivity contribution is -0.120. The van der Waals surface area contributed by atoms with Crippen LogP contribution in [-0.4, -0.2) is 27.9 Å². The van der Waals surface area contributed by atoms with Gasteiger partial charge in [-0.1, -0.05) is 13.8 Å². The third-order valence-electron chi connectivity index (χ3n) is 2.55. The van der Waals surface area contributed by atoms with Crippen molar-refractivity contribution in [2.75, 3.05) is 4.90 Å². The number of urea groups is 1. The molecular formula is C10H10ClFN4O2. The number of aromatic nitrogens is 2. The second-order valence-corrected chi connectivity index (χ2v) is 4.50. The maximum absolute atomic E-state index is 13.6. The van der Waals surface area contributed by atoms with E-state index in [1.54, 1.807) is 13.8 Å². The Hall–Kier alpha value is -1.76. The molecule has 1 aliphatic rings. The van der Waals surface area contributed by atoms with Crippen molar-refractivity contribution < 1.29 is 14.0 Å². The highest BCUT2D eigenvalue weighted by molar-refractivity contribution is 6.28. The Morgan fingerprint density at radius 3 is 2.78 bits per heavy atom. The van der Waals surface area contributed by atoms with Gasteiger partial charge in [0, 0.05) is 0 Å². The van der Waals surface area contributed by atoms with Crippen LogP contribution in [0.25, 0.3) is 0 Å². The minimum Gasteiger partial charge on any atom is -0.276 e. The number of hydrogen-bond donors (Lipinski definition) is 1. The molecule has 0 spiro atoms. The van der Waals surface area contributed by atoms with E-state index in [2.05, 4.69) is 15.3 Å². The predicted molar refractivity (Wildman–Crippen MR) is 61.6 cm³/mol. The van der Waals surface area contributed by atoms with Gasteiger partial charge in [-0.3, -0.25) is 15.0 Å². The molecular weight excluding hydrogens is 263 g/mol. The quantitative estimate of drug-likeness (QED) is 0.651. The van der Waals surface area contributed by atoms with Crippen molar-refractivity contribution in [3.8, 4) is 0 Å². The molecule has 1 aliphatic heterocycles. The molecule has 8 heteroatoms. The Balaban J connectivity index is 2.50. The standard InChI is InChI=1S/C10H10ClFN4O2/c1-4(2)6-8(17)15-10(18)16(6)7-5(12)3-13-9(11)14-7/h3-4,6H,1-2H3,(H,15,17,18). The highest BCUT2D eigenvalue weighted by Crippen LogP contribution is 2.26. The first-order chi connectivity index (χ1) is 8.41. The third-order valence-corrected chi connectivity index (χ3v) is 2.73. The maximum Gasteiger partial charge on any atom is 0.330 e. The van der Waals surface area contributed by atoms with Gasteiger partial charge in [0.2, 0.25) is 5.28 Å². The Kier molecular flexibility index (Phi) is 3.16. The van der Waals surface area contributed by atoms with E-state index in [-0.39, 0.29) is 17.0 Å². The molecule has 1 N–H and O–H groups in total. The molecule has 2 heterocycles. The van der Waals surface area contributed by atoms with Gasteiger partial charge < -0.3 is 0 Å². The van der Waals surface area contributed by atoms with Crippen molar-refractivity contribution in [1.29, 1.82) is 0 Å². The van der Waals surface area contributed by atoms with Crippen LogP contribution in [0, 0.1) is 11.7 Å². The second kappa shape index (κ2) is 4.49. The number of halogens is 2. The number of nitrogens with one attached hydrogen (secondary N) is 1. The first kappa shape index (κ1) is 12.7. The van der Waals surface area contributed by atoms with Crippen LogP contribution in [-0.2, 0) is 4.79 Å². The van der Waals surface area contributed by atoms with E-state index in [1.807, 2.05) is 0 Å². The molecule has 0 saturated carbocycles. The van der Waals surface area contributed by atoms with E-state index < -0.39 is 23.8 Å². The highest BCUT2D eigenvalue weighted by Gasteiger charge is 2.43. The zero-order chi connectivity index (χ0) is 13.4. The molecule has 0 radical (unpaired) electrons. The van der Waals surface area contributed by atoms with E-state index in [0.29, 0.717) is 0 Å². The Labute approximate surface area is 107 Å². The predicted octanol–water partition coefficient (Wildman–Crippen LogP) is 1.35. The molecule has 1 fully saturated rings. The molecule has 0 bridgehead atoms. The van der Waals surface area contributed by atoms with Crippen LogP contribution >= 0.6 is 11.6 Å². The van der Waals surface area contributed by atoms with Crippen LogP contribution in [0.1, 0.15) is 13.8 Å². The molecule has 2 rings (SSSR count). The number of carbonyl (C=O) groups excluding carboxylic acids is 2. The van der Waals surface area contributed by atoms with Crippen LogP contribution in [0.5, 0.6) is 0 Å². The van der Waals surface area contributed by atoms with Gasteiger partial charge in [-0.15, -0.1) is 0 Å². The summed E-state index contributed by atoms with van der Waals surface area (Å²) in [6.45, 7) is 3.49. The smallest absolute Gasteiger partial charge is 0.276 e. The lowest BCUT2D eigenvalue weighted by Gasteiger charge is -2.23. The van der Waals surface area contributed by atoms with Gasteiger partial charge in [0.15, 0.2) is 11.6 Å². The fraction of sp³-hybridized carbons (Fsp3) is 0.400. The van der Waals surface area contributed by atoms with Gasteiger partial charge in [0.1, 0.15) is 6.04 Å². The zero-order valence-corrected chi connectivity index (χ0v) is 10.4. The number of carbonyl (C=O) groups is 2. The maximum atomic E-state index is 13.6. The van der Waals surface area contributed by atoms with E-state index in [9.17, 15) is 14.0 Å². The van der Waals surface area contributed by atoms with Crippen molar-refractivity contribution in [3.63, 3.8) is 0 Å². The largest absolute Gasteiger partial charge is 0.330 e. The minimum absolute atomic E-state index is 0.190. The van der Waals surface area contributed by atoms with E-state index in [4.69, 9.17) is 11.6 Å². The summed E-state index contributed by atoms with van der Waals surface area (Å²) >= 11 is 5.57. The average Bonchev–Trinajstić information content (AvgIpc) is 2.57.